The van der Waals surface area contributed by atoms with Crippen LogP contribution in [0.25, 0.3) is 0 Å². The van der Waals surface area contributed by atoms with E-state index in [4.69, 9.17) is 0 Å². The zero-order valence-electron chi connectivity index (χ0n) is 7.39. The third-order valence-corrected chi connectivity index (χ3v) is 1.74. The Balaban J connectivity index is 3.43. The van der Waals surface area contributed by atoms with E-state index in [1.54, 1.807) is 6.92 Å². The highest BCUT2D eigenvalue weighted by molar-refractivity contribution is 5.12. The molecule has 0 radical (unpaired) electrons. The van der Waals surface area contributed by atoms with Crippen molar-refractivity contribution in [2.75, 3.05) is 0 Å². The maximum absolute atomic E-state index is 10.9. The number of hydrogen-bond donors (Lipinski definition) is 2. The molecule has 0 saturated carbocycles. The second-order valence-corrected chi connectivity index (χ2v) is 3.10. The minimum atomic E-state index is -0.586. The van der Waals surface area contributed by atoms with E-state index in [0.29, 0.717) is 0 Å². The quantitative estimate of drug-likeness (QED) is 0.599. The van der Waals surface area contributed by atoms with Crippen LogP contribution in [-0.2, 0) is 0 Å². The van der Waals surface area contributed by atoms with Gasteiger partial charge in [-0.3, -0.25) is 9.59 Å². The van der Waals surface area contributed by atoms with Crippen molar-refractivity contribution in [1.29, 1.82) is 0 Å². The third kappa shape index (κ3) is 1.47. The summed E-state index contributed by atoms with van der Waals surface area (Å²) in [6.45, 7) is 5.68. The molecule has 2 N–H and O–H groups in total. The molecule has 12 heavy (non-hydrogen) atoms. The molecule has 1 aromatic rings. The monoisotopic (exact) mass is 168 g/mol. The molecule has 4 heteroatoms. The second-order valence-electron chi connectivity index (χ2n) is 3.10. The molecule has 0 aliphatic carbocycles. The Morgan fingerprint density at radius 2 is 1.58 bits per heavy atom. The van der Waals surface area contributed by atoms with E-state index in [9.17, 15) is 9.59 Å². The van der Waals surface area contributed by atoms with E-state index >= 15 is 0 Å². The van der Waals surface area contributed by atoms with Crippen molar-refractivity contribution in [3.63, 3.8) is 0 Å². The molecule has 4 nitrogen and oxygen atoms in total. The van der Waals surface area contributed by atoms with Crippen LogP contribution >= 0.6 is 0 Å². The van der Waals surface area contributed by atoms with Crippen molar-refractivity contribution >= 4 is 0 Å². The highest BCUT2D eigenvalue weighted by Gasteiger charge is 2.05. The first-order valence-electron chi connectivity index (χ1n) is 3.85. The first-order valence-corrected chi connectivity index (χ1v) is 3.85. The van der Waals surface area contributed by atoms with E-state index in [2.05, 4.69) is 9.97 Å². The summed E-state index contributed by atoms with van der Waals surface area (Å²) in [5.74, 6) is 0.217. The van der Waals surface area contributed by atoms with Crippen LogP contribution in [0.15, 0.2) is 9.59 Å². The van der Waals surface area contributed by atoms with Gasteiger partial charge in [0.2, 0.25) is 0 Å². The molecular formula is C8H12N2O2. The average Bonchev–Trinajstić information content (AvgIpc) is 1.96. The minimum absolute atomic E-state index is 0.217. The van der Waals surface area contributed by atoms with Crippen molar-refractivity contribution in [3.8, 4) is 0 Å². The van der Waals surface area contributed by atoms with Crippen LogP contribution in [0.1, 0.15) is 31.2 Å². The van der Waals surface area contributed by atoms with Gasteiger partial charge in [0, 0.05) is 11.4 Å². The van der Waals surface area contributed by atoms with Gasteiger partial charge in [0.05, 0.1) is 0 Å². The maximum Gasteiger partial charge on any atom is 0.313 e. The number of aromatic amines is 2. The zero-order chi connectivity index (χ0) is 9.30. The van der Waals surface area contributed by atoms with Gasteiger partial charge in [0.15, 0.2) is 0 Å². The lowest BCUT2D eigenvalue weighted by molar-refractivity contribution is 0.779. The van der Waals surface area contributed by atoms with Gasteiger partial charge in [-0.15, -0.1) is 0 Å². The molecule has 1 aromatic heterocycles. The molecule has 0 unspecified atom stereocenters. The van der Waals surface area contributed by atoms with Gasteiger partial charge in [-0.25, -0.2) is 0 Å². The normalized spacial score (nSPS) is 10.7. The highest BCUT2D eigenvalue weighted by atomic mass is 16.2. The van der Waals surface area contributed by atoms with E-state index in [0.717, 1.165) is 11.4 Å². The molecule has 0 aliphatic heterocycles. The van der Waals surface area contributed by atoms with Gasteiger partial charge >= 0.3 is 11.1 Å². The number of rotatable bonds is 1. The van der Waals surface area contributed by atoms with Crippen LogP contribution < -0.4 is 11.1 Å². The number of aryl methyl sites for hydroxylation is 1. The second kappa shape index (κ2) is 2.97. The minimum Gasteiger partial charge on any atom is -0.320 e. The van der Waals surface area contributed by atoms with Gasteiger partial charge in [0.25, 0.3) is 0 Å². The highest BCUT2D eigenvalue weighted by Crippen LogP contribution is 2.10. The number of H-pyrrole nitrogens is 2. The van der Waals surface area contributed by atoms with Crippen molar-refractivity contribution in [3.05, 3.63) is 32.1 Å². The van der Waals surface area contributed by atoms with E-state index in [-0.39, 0.29) is 5.92 Å². The number of hydrogen-bond acceptors (Lipinski definition) is 2. The average molecular weight is 168 g/mol. The van der Waals surface area contributed by atoms with E-state index < -0.39 is 11.1 Å². The Bertz CT molecular complexity index is 387. The fourth-order valence-corrected chi connectivity index (χ4v) is 1.14. The van der Waals surface area contributed by atoms with Crippen LogP contribution in [0.2, 0.25) is 0 Å². The van der Waals surface area contributed by atoms with Gasteiger partial charge < -0.3 is 9.97 Å². The van der Waals surface area contributed by atoms with Gasteiger partial charge in [-0.1, -0.05) is 13.8 Å². The summed E-state index contributed by atoms with van der Waals surface area (Å²) >= 11 is 0. The maximum atomic E-state index is 10.9. The molecule has 0 atom stereocenters. The Labute approximate surface area is 69.7 Å². The molecule has 1 heterocycles. The summed E-state index contributed by atoms with van der Waals surface area (Å²) in [4.78, 5) is 26.7. The Morgan fingerprint density at radius 3 is 2.08 bits per heavy atom. The molecule has 0 saturated heterocycles. The van der Waals surface area contributed by atoms with Crippen molar-refractivity contribution in [2.45, 2.75) is 26.7 Å². The van der Waals surface area contributed by atoms with Gasteiger partial charge in [-0.2, -0.15) is 0 Å². The topological polar surface area (TPSA) is 65.7 Å². The predicted octanol–water partition coefficient (Wildman–Crippen LogP) is 0.495. The third-order valence-electron chi connectivity index (χ3n) is 1.74. The lowest BCUT2D eigenvalue weighted by atomic mass is 10.1. The van der Waals surface area contributed by atoms with Crippen molar-refractivity contribution in [1.82, 2.24) is 9.97 Å². The summed E-state index contributed by atoms with van der Waals surface area (Å²) in [6.07, 6.45) is 0. The summed E-state index contributed by atoms with van der Waals surface area (Å²) in [7, 11) is 0. The first-order chi connectivity index (χ1) is 5.52. The molecule has 0 aliphatic rings. The van der Waals surface area contributed by atoms with Crippen LogP contribution in [0, 0.1) is 6.92 Å². The Kier molecular flexibility index (Phi) is 2.17. The Hall–Kier alpha value is -1.32. The number of aromatic nitrogens is 2. The van der Waals surface area contributed by atoms with Crippen LogP contribution in [0.4, 0.5) is 0 Å². The Morgan fingerprint density at radius 1 is 1.08 bits per heavy atom. The van der Waals surface area contributed by atoms with Crippen LogP contribution in [0.3, 0.4) is 0 Å². The molecule has 0 bridgehead atoms. The van der Waals surface area contributed by atoms with E-state index in [1.807, 2.05) is 13.8 Å². The van der Waals surface area contributed by atoms with Crippen LogP contribution in [0.5, 0.6) is 0 Å². The first kappa shape index (κ1) is 8.77. The van der Waals surface area contributed by atoms with E-state index in [1.165, 1.54) is 0 Å². The molecular weight excluding hydrogens is 156 g/mol. The fraction of sp³-hybridized carbons (Fsp3) is 0.500. The predicted molar refractivity (Wildman–Crippen MR) is 46.5 cm³/mol. The molecule has 0 amide bonds. The summed E-state index contributed by atoms with van der Waals surface area (Å²) < 4.78 is 0. The SMILES string of the molecule is Cc1[nH]c(=O)c(=O)[nH]c1C(C)C. The smallest absolute Gasteiger partial charge is 0.313 e. The van der Waals surface area contributed by atoms with Crippen molar-refractivity contribution in [2.24, 2.45) is 0 Å². The standard InChI is InChI=1S/C8H12N2O2/c1-4(2)6-5(3)9-7(11)8(12)10-6/h4H,1-3H3,(H,9,11)(H,10,12). The molecule has 1 rings (SSSR count). The van der Waals surface area contributed by atoms with Crippen molar-refractivity contribution < 1.29 is 0 Å². The number of nitrogens with one attached hydrogen (secondary N) is 2. The summed E-state index contributed by atoms with van der Waals surface area (Å²) in [5, 5.41) is 0. The molecule has 66 valence electrons. The molecule has 0 spiro atoms. The molecule has 0 aromatic carbocycles. The van der Waals surface area contributed by atoms with Gasteiger partial charge in [0.1, 0.15) is 0 Å². The zero-order valence-corrected chi connectivity index (χ0v) is 7.39. The largest absolute Gasteiger partial charge is 0.320 e. The van der Waals surface area contributed by atoms with Crippen LogP contribution in [-0.4, -0.2) is 9.97 Å². The summed E-state index contributed by atoms with van der Waals surface area (Å²) in [5.41, 5.74) is 0.357. The molecule has 0 fully saturated rings. The lowest BCUT2D eigenvalue weighted by Gasteiger charge is -2.06. The van der Waals surface area contributed by atoms with Gasteiger partial charge in [-0.05, 0) is 12.8 Å². The lowest BCUT2D eigenvalue weighted by Crippen LogP contribution is -2.31. The fourth-order valence-electron chi connectivity index (χ4n) is 1.14. The summed E-state index contributed by atoms with van der Waals surface area (Å²) in [6, 6.07) is 0.